The SMILES string of the molecule is CN1C(=O)COc2ccc(C(=O)CCC(=O)Nc3cccnc3)cc21. The van der Waals surface area contributed by atoms with E-state index in [0.717, 1.165) is 0 Å². The van der Waals surface area contributed by atoms with Crippen molar-refractivity contribution in [3.05, 3.63) is 48.3 Å². The van der Waals surface area contributed by atoms with Crippen LogP contribution in [0.5, 0.6) is 5.75 Å². The van der Waals surface area contributed by atoms with Crippen molar-refractivity contribution in [1.82, 2.24) is 4.98 Å². The third-order valence-corrected chi connectivity index (χ3v) is 3.89. The summed E-state index contributed by atoms with van der Waals surface area (Å²) in [7, 11) is 1.64. The topological polar surface area (TPSA) is 88.6 Å². The van der Waals surface area contributed by atoms with Gasteiger partial charge in [0.2, 0.25) is 5.91 Å². The molecule has 2 amide bonds. The first-order chi connectivity index (χ1) is 12.0. The highest BCUT2D eigenvalue weighted by molar-refractivity contribution is 6.03. The van der Waals surface area contributed by atoms with E-state index in [1.807, 2.05) is 0 Å². The molecule has 2 heterocycles. The van der Waals surface area contributed by atoms with Crippen molar-refractivity contribution in [3.8, 4) is 5.75 Å². The molecule has 0 saturated carbocycles. The Kier molecular flexibility index (Phi) is 4.74. The fourth-order valence-corrected chi connectivity index (χ4v) is 2.48. The van der Waals surface area contributed by atoms with Crippen LogP contribution < -0.4 is 15.0 Å². The zero-order chi connectivity index (χ0) is 17.8. The number of nitrogens with zero attached hydrogens (tertiary/aromatic N) is 2. The molecule has 3 rings (SSSR count). The van der Waals surface area contributed by atoms with Crippen molar-refractivity contribution >= 4 is 29.0 Å². The first kappa shape index (κ1) is 16.6. The maximum absolute atomic E-state index is 12.3. The summed E-state index contributed by atoms with van der Waals surface area (Å²) in [6.45, 7) is -0.00862. The van der Waals surface area contributed by atoms with E-state index in [0.29, 0.717) is 22.7 Å². The van der Waals surface area contributed by atoms with E-state index in [1.54, 1.807) is 43.6 Å². The lowest BCUT2D eigenvalue weighted by Crippen LogP contribution is -2.35. The molecule has 0 spiro atoms. The maximum Gasteiger partial charge on any atom is 0.264 e. The number of pyridine rings is 1. The number of hydrogen-bond acceptors (Lipinski definition) is 5. The first-order valence-corrected chi connectivity index (χ1v) is 7.81. The monoisotopic (exact) mass is 339 g/mol. The van der Waals surface area contributed by atoms with Gasteiger partial charge in [-0.05, 0) is 30.3 Å². The summed E-state index contributed by atoms with van der Waals surface area (Å²) in [5.41, 5.74) is 1.59. The molecule has 1 aromatic carbocycles. The minimum absolute atomic E-state index is 0.00862. The van der Waals surface area contributed by atoms with Crippen molar-refractivity contribution < 1.29 is 19.1 Å². The number of ether oxygens (including phenoxy) is 1. The van der Waals surface area contributed by atoms with Crippen LogP contribution >= 0.6 is 0 Å². The third kappa shape index (κ3) is 3.82. The molecule has 7 nitrogen and oxygen atoms in total. The van der Waals surface area contributed by atoms with E-state index >= 15 is 0 Å². The zero-order valence-corrected chi connectivity index (χ0v) is 13.7. The van der Waals surface area contributed by atoms with Gasteiger partial charge in [0, 0.05) is 31.6 Å². The Bertz CT molecular complexity index is 820. The number of ketones is 1. The number of hydrogen-bond donors (Lipinski definition) is 1. The van der Waals surface area contributed by atoms with Crippen LogP contribution in [0.25, 0.3) is 0 Å². The van der Waals surface area contributed by atoms with Gasteiger partial charge in [0.1, 0.15) is 5.75 Å². The molecule has 2 aromatic rings. The average molecular weight is 339 g/mol. The van der Waals surface area contributed by atoms with Crippen LogP contribution in [-0.4, -0.2) is 36.2 Å². The van der Waals surface area contributed by atoms with Gasteiger partial charge >= 0.3 is 0 Å². The van der Waals surface area contributed by atoms with E-state index in [1.165, 1.54) is 11.1 Å². The zero-order valence-electron chi connectivity index (χ0n) is 13.7. The molecule has 0 saturated heterocycles. The van der Waals surface area contributed by atoms with Crippen molar-refractivity contribution in [1.29, 1.82) is 0 Å². The number of rotatable bonds is 5. The largest absolute Gasteiger partial charge is 0.482 e. The summed E-state index contributed by atoms with van der Waals surface area (Å²) >= 11 is 0. The van der Waals surface area contributed by atoms with Gasteiger partial charge < -0.3 is 15.0 Å². The second kappa shape index (κ2) is 7.12. The van der Waals surface area contributed by atoms with Gasteiger partial charge in [0.15, 0.2) is 12.4 Å². The van der Waals surface area contributed by atoms with Gasteiger partial charge in [-0.2, -0.15) is 0 Å². The third-order valence-electron chi connectivity index (χ3n) is 3.89. The molecule has 0 atom stereocenters. The number of nitrogens with one attached hydrogen (secondary N) is 1. The van der Waals surface area contributed by atoms with Gasteiger partial charge in [-0.15, -0.1) is 0 Å². The molecule has 1 aliphatic heterocycles. The quantitative estimate of drug-likeness (QED) is 0.842. The van der Waals surface area contributed by atoms with Gasteiger partial charge in [-0.25, -0.2) is 0 Å². The highest BCUT2D eigenvalue weighted by atomic mass is 16.5. The Balaban J connectivity index is 1.62. The molecular weight excluding hydrogens is 322 g/mol. The summed E-state index contributed by atoms with van der Waals surface area (Å²) in [4.78, 5) is 41.3. The van der Waals surface area contributed by atoms with E-state index in [9.17, 15) is 14.4 Å². The fourth-order valence-electron chi connectivity index (χ4n) is 2.48. The number of Topliss-reactive ketones (excluding diaryl/α,β-unsaturated/α-hetero) is 1. The van der Waals surface area contributed by atoms with Crippen LogP contribution in [0.1, 0.15) is 23.2 Å². The van der Waals surface area contributed by atoms with Crippen molar-refractivity contribution in [2.24, 2.45) is 0 Å². The number of fused-ring (bicyclic) bond motifs is 1. The van der Waals surface area contributed by atoms with E-state index in [4.69, 9.17) is 4.74 Å². The Hall–Kier alpha value is -3.22. The molecule has 0 aliphatic carbocycles. The Morgan fingerprint density at radius 1 is 1.28 bits per heavy atom. The molecule has 25 heavy (non-hydrogen) atoms. The van der Waals surface area contributed by atoms with E-state index in [-0.39, 0.29) is 37.0 Å². The van der Waals surface area contributed by atoms with Crippen LogP contribution in [0.2, 0.25) is 0 Å². The first-order valence-electron chi connectivity index (χ1n) is 7.81. The molecule has 1 aliphatic rings. The van der Waals surface area contributed by atoms with Gasteiger partial charge in [0.05, 0.1) is 17.6 Å². The number of likely N-dealkylation sites (N-methyl/N-ethyl adjacent to an activating group) is 1. The predicted octanol–water partition coefficient (Wildman–Crippen LogP) is 2.04. The number of anilines is 2. The number of aromatic nitrogens is 1. The van der Waals surface area contributed by atoms with E-state index in [2.05, 4.69) is 10.3 Å². The highest BCUT2D eigenvalue weighted by Gasteiger charge is 2.23. The molecule has 0 bridgehead atoms. The van der Waals surface area contributed by atoms with Crippen LogP contribution in [0.3, 0.4) is 0 Å². The molecule has 0 fully saturated rings. The lowest BCUT2D eigenvalue weighted by molar-refractivity contribution is -0.121. The molecular formula is C18H17N3O4. The molecule has 0 radical (unpaired) electrons. The second-order valence-electron chi connectivity index (χ2n) is 5.64. The molecule has 0 unspecified atom stereocenters. The van der Waals surface area contributed by atoms with Crippen LogP contribution in [0.4, 0.5) is 11.4 Å². The standard InChI is InChI=1S/C18H17N3O4/c1-21-14-9-12(4-6-16(14)25-11-18(21)24)15(22)5-7-17(23)20-13-3-2-8-19-10-13/h2-4,6,8-10H,5,7,11H2,1H3,(H,20,23). The summed E-state index contributed by atoms with van der Waals surface area (Å²) in [5.74, 6) is -0.0357. The Morgan fingerprint density at radius 2 is 2.12 bits per heavy atom. The van der Waals surface area contributed by atoms with Crippen LogP contribution in [0, 0.1) is 0 Å². The Morgan fingerprint density at radius 3 is 2.88 bits per heavy atom. The van der Waals surface area contributed by atoms with Gasteiger partial charge in [-0.1, -0.05) is 0 Å². The van der Waals surface area contributed by atoms with Gasteiger partial charge in [0.25, 0.3) is 5.91 Å². The smallest absolute Gasteiger partial charge is 0.264 e. The van der Waals surface area contributed by atoms with Crippen molar-refractivity contribution in [3.63, 3.8) is 0 Å². The molecule has 7 heteroatoms. The lowest BCUT2D eigenvalue weighted by atomic mass is 10.0. The molecule has 1 N–H and O–H groups in total. The number of benzene rings is 1. The lowest BCUT2D eigenvalue weighted by Gasteiger charge is -2.26. The summed E-state index contributed by atoms with van der Waals surface area (Å²) in [6.07, 6.45) is 3.29. The maximum atomic E-state index is 12.3. The summed E-state index contributed by atoms with van der Waals surface area (Å²) in [6, 6.07) is 8.37. The van der Waals surface area contributed by atoms with E-state index < -0.39 is 0 Å². The minimum Gasteiger partial charge on any atom is -0.482 e. The molecule has 128 valence electrons. The minimum atomic E-state index is -0.255. The van der Waals surface area contributed by atoms with Crippen molar-refractivity contribution in [2.75, 3.05) is 23.9 Å². The summed E-state index contributed by atoms with van der Waals surface area (Å²) < 4.78 is 5.33. The normalized spacial score (nSPS) is 13.0. The van der Waals surface area contributed by atoms with Crippen molar-refractivity contribution in [2.45, 2.75) is 12.8 Å². The summed E-state index contributed by atoms with van der Waals surface area (Å²) in [5, 5.41) is 2.68. The number of amides is 2. The van der Waals surface area contributed by atoms with Crippen LogP contribution in [0.15, 0.2) is 42.7 Å². The van der Waals surface area contributed by atoms with Gasteiger partial charge in [-0.3, -0.25) is 19.4 Å². The number of carbonyl (C=O) groups is 3. The fraction of sp³-hybridized carbons (Fsp3) is 0.222. The number of carbonyl (C=O) groups excluding carboxylic acids is 3. The molecule has 1 aromatic heterocycles. The van der Waals surface area contributed by atoms with Crippen LogP contribution in [-0.2, 0) is 9.59 Å². The Labute approximate surface area is 144 Å². The predicted molar refractivity (Wildman–Crippen MR) is 91.8 cm³/mol. The highest BCUT2D eigenvalue weighted by Crippen LogP contribution is 2.32. The second-order valence-corrected chi connectivity index (χ2v) is 5.64. The average Bonchev–Trinajstić information content (AvgIpc) is 2.63.